The Balaban J connectivity index is 2.91. The van der Waals surface area contributed by atoms with Crippen molar-refractivity contribution in [2.75, 3.05) is 7.11 Å². The Kier molecular flexibility index (Phi) is 2.87. The molecule has 0 radical (unpaired) electrons. The maximum absolute atomic E-state index is 11.0. The molecule has 0 saturated carbocycles. The van der Waals surface area contributed by atoms with Crippen LogP contribution in [0.25, 0.3) is 0 Å². The molecule has 4 heteroatoms. The number of carbonyl (C=O) groups excluding carboxylic acids is 2. The van der Waals surface area contributed by atoms with Gasteiger partial charge in [0.1, 0.15) is 0 Å². The third kappa shape index (κ3) is 1.67. The molecule has 1 aliphatic carbocycles. The molecule has 0 aliphatic heterocycles. The molecular weight excluding hydrogens is 180 g/mol. The average molecular weight is 189 g/mol. The molecule has 0 saturated heterocycles. The van der Waals surface area contributed by atoms with E-state index in [1.54, 1.807) is 0 Å². The smallest absolute Gasteiger partial charge is 0.334 e. The molecule has 0 amide bonds. The van der Waals surface area contributed by atoms with Gasteiger partial charge in [0.15, 0.2) is 0 Å². The quantitative estimate of drug-likeness (QED) is 0.486. The summed E-state index contributed by atoms with van der Waals surface area (Å²) in [6, 6.07) is 0. The van der Waals surface area contributed by atoms with Crippen LogP contribution in [0.5, 0.6) is 0 Å². The van der Waals surface area contributed by atoms with Crippen LogP contribution in [0.1, 0.15) is 19.3 Å². The van der Waals surface area contributed by atoms with E-state index in [1.807, 2.05) is 0 Å². The molecule has 12 heavy (non-hydrogen) atoms. The summed E-state index contributed by atoms with van der Waals surface area (Å²) in [7, 11) is 1.30. The first-order valence-corrected chi connectivity index (χ1v) is 4.04. The van der Waals surface area contributed by atoms with Gasteiger partial charge < -0.3 is 4.74 Å². The van der Waals surface area contributed by atoms with Gasteiger partial charge in [-0.3, -0.25) is 4.79 Å². The summed E-state index contributed by atoms with van der Waals surface area (Å²) in [6.07, 6.45) is 1.99. The molecule has 0 fully saturated rings. The van der Waals surface area contributed by atoms with E-state index in [1.165, 1.54) is 7.11 Å². The van der Waals surface area contributed by atoms with Crippen LogP contribution in [-0.4, -0.2) is 18.3 Å². The number of carbonyl (C=O) groups is 2. The molecule has 66 valence electrons. The lowest BCUT2D eigenvalue weighted by atomic mass is 10.2. The number of allylic oxidation sites excluding steroid dienone is 1. The maximum Gasteiger partial charge on any atom is 0.334 e. The lowest BCUT2D eigenvalue weighted by molar-refractivity contribution is -0.136. The highest BCUT2D eigenvalue weighted by Crippen LogP contribution is 2.28. The molecular formula is C8H9ClO3. The molecule has 0 bridgehead atoms. The van der Waals surface area contributed by atoms with Crippen LogP contribution in [-0.2, 0) is 14.3 Å². The maximum atomic E-state index is 11.0. The van der Waals surface area contributed by atoms with E-state index in [-0.39, 0.29) is 0 Å². The van der Waals surface area contributed by atoms with Crippen LogP contribution < -0.4 is 0 Å². The predicted molar refractivity (Wildman–Crippen MR) is 43.8 cm³/mol. The van der Waals surface area contributed by atoms with E-state index in [0.29, 0.717) is 24.0 Å². The van der Waals surface area contributed by atoms with Crippen LogP contribution in [0.4, 0.5) is 0 Å². The summed E-state index contributed by atoms with van der Waals surface area (Å²) >= 11 is 5.28. The van der Waals surface area contributed by atoms with Crippen LogP contribution in [0.15, 0.2) is 11.1 Å². The van der Waals surface area contributed by atoms with Gasteiger partial charge in [0.25, 0.3) is 0 Å². The highest BCUT2D eigenvalue weighted by atomic mass is 35.5. The van der Waals surface area contributed by atoms with E-state index in [2.05, 4.69) is 4.74 Å². The van der Waals surface area contributed by atoms with Gasteiger partial charge in [0, 0.05) is 11.1 Å². The number of rotatable bonds is 2. The van der Waals surface area contributed by atoms with Gasteiger partial charge in [-0.2, -0.15) is 0 Å². The van der Waals surface area contributed by atoms with Crippen molar-refractivity contribution in [1.29, 1.82) is 0 Å². The van der Waals surface area contributed by atoms with E-state index in [9.17, 15) is 9.59 Å². The fourth-order valence-corrected chi connectivity index (χ4v) is 1.52. The topological polar surface area (TPSA) is 43.4 Å². The second-order valence-electron chi connectivity index (χ2n) is 2.58. The summed E-state index contributed by atoms with van der Waals surface area (Å²) in [6.45, 7) is 0. The van der Waals surface area contributed by atoms with E-state index in [0.717, 1.165) is 6.42 Å². The normalized spacial score (nSPS) is 16.5. The first kappa shape index (κ1) is 9.26. The Morgan fingerprint density at radius 3 is 2.42 bits per heavy atom. The number of halogens is 1. The van der Waals surface area contributed by atoms with Crippen LogP contribution in [0, 0.1) is 0 Å². The Morgan fingerprint density at radius 1 is 1.33 bits per heavy atom. The van der Waals surface area contributed by atoms with Crippen molar-refractivity contribution in [3.05, 3.63) is 11.1 Å². The number of methoxy groups -OCH3 is 1. The van der Waals surface area contributed by atoms with Gasteiger partial charge in [-0.25, -0.2) is 4.79 Å². The molecule has 0 aromatic carbocycles. The number of hydrogen-bond acceptors (Lipinski definition) is 3. The minimum absolute atomic E-state index is 0.420. The van der Waals surface area contributed by atoms with Crippen molar-refractivity contribution in [3.63, 3.8) is 0 Å². The lowest BCUT2D eigenvalue weighted by Gasteiger charge is -1.99. The molecule has 0 spiro atoms. The Hall–Kier alpha value is -0.830. The zero-order valence-electron chi connectivity index (χ0n) is 6.72. The molecule has 0 atom stereocenters. The summed E-state index contributed by atoms with van der Waals surface area (Å²) in [4.78, 5) is 21.8. The standard InChI is InChI=1S/C8H9ClO3/c1-12-8(11)6-4-2-3-5(6)7(9)10/h2-4H2,1H3. The monoisotopic (exact) mass is 188 g/mol. The summed E-state index contributed by atoms with van der Waals surface area (Å²) in [5, 5.41) is -0.534. The second-order valence-corrected chi connectivity index (χ2v) is 2.92. The molecule has 1 aliphatic rings. The second kappa shape index (κ2) is 3.72. The van der Waals surface area contributed by atoms with Crippen LogP contribution in [0.2, 0.25) is 0 Å². The van der Waals surface area contributed by atoms with Crippen molar-refractivity contribution in [1.82, 2.24) is 0 Å². The highest BCUT2D eigenvalue weighted by Gasteiger charge is 2.24. The zero-order chi connectivity index (χ0) is 9.14. The van der Waals surface area contributed by atoms with E-state index < -0.39 is 11.2 Å². The number of ether oxygens (including phenoxy) is 1. The first-order valence-electron chi connectivity index (χ1n) is 3.67. The Bertz CT molecular complexity index is 255. The largest absolute Gasteiger partial charge is 0.466 e. The molecule has 0 aromatic rings. The Morgan fingerprint density at radius 2 is 1.92 bits per heavy atom. The van der Waals surface area contributed by atoms with E-state index >= 15 is 0 Å². The number of hydrogen-bond donors (Lipinski definition) is 0. The lowest BCUT2D eigenvalue weighted by Crippen LogP contribution is -2.06. The molecule has 0 heterocycles. The van der Waals surface area contributed by atoms with Crippen molar-refractivity contribution in [2.24, 2.45) is 0 Å². The zero-order valence-corrected chi connectivity index (χ0v) is 7.48. The SMILES string of the molecule is COC(=O)C1=C(C(=O)Cl)CCC1. The third-order valence-electron chi connectivity index (χ3n) is 1.89. The third-order valence-corrected chi connectivity index (χ3v) is 2.12. The van der Waals surface area contributed by atoms with Crippen molar-refractivity contribution in [3.8, 4) is 0 Å². The molecule has 3 nitrogen and oxygen atoms in total. The fraction of sp³-hybridized carbons (Fsp3) is 0.500. The minimum Gasteiger partial charge on any atom is -0.466 e. The number of esters is 1. The predicted octanol–water partition coefficient (Wildman–Crippen LogP) is 1.41. The molecule has 0 aromatic heterocycles. The summed E-state index contributed by atoms with van der Waals surface area (Å²) < 4.78 is 4.51. The van der Waals surface area contributed by atoms with Gasteiger partial charge in [-0.15, -0.1) is 0 Å². The molecule has 0 unspecified atom stereocenters. The van der Waals surface area contributed by atoms with Crippen molar-refractivity contribution < 1.29 is 14.3 Å². The summed E-state index contributed by atoms with van der Waals surface area (Å²) in [5.41, 5.74) is 0.862. The Labute approximate surface area is 75.3 Å². The van der Waals surface area contributed by atoms with Gasteiger partial charge in [0.2, 0.25) is 5.24 Å². The van der Waals surface area contributed by atoms with Gasteiger partial charge in [-0.1, -0.05) is 0 Å². The molecule has 1 rings (SSSR count). The summed E-state index contributed by atoms with van der Waals surface area (Å²) in [5.74, 6) is -0.434. The average Bonchev–Trinajstić information content (AvgIpc) is 2.50. The van der Waals surface area contributed by atoms with Crippen molar-refractivity contribution >= 4 is 22.8 Å². The van der Waals surface area contributed by atoms with Gasteiger partial charge in [-0.05, 0) is 30.9 Å². The van der Waals surface area contributed by atoms with E-state index in [4.69, 9.17) is 11.6 Å². The van der Waals surface area contributed by atoms with Gasteiger partial charge >= 0.3 is 5.97 Å². The van der Waals surface area contributed by atoms with Gasteiger partial charge in [0.05, 0.1) is 7.11 Å². The minimum atomic E-state index is -0.534. The van der Waals surface area contributed by atoms with Crippen LogP contribution in [0.3, 0.4) is 0 Å². The van der Waals surface area contributed by atoms with Crippen LogP contribution >= 0.6 is 11.6 Å². The highest BCUT2D eigenvalue weighted by molar-refractivity contribution is 6.68. The van der Waals surface area contributed by atoms with Crippen molar-refractivity contribution in [2.45, 2.75) is 19.3 Å². The fourth-order valence-electron chi connectivity index (χ4n) is 1.31. The molecule has 0 N–H and O–H groups in total. The first-order chi connectivity index (χ1) is 5.66.